The van der Waals surface area contributed by atoms with Gasteiger partial charge in [0.05, 0.1) is 6.54 Å². The monoisotopic (exact) mass is 181 g/mol. The Morgan fingerprint density at radius 2 is 2.23 bits per heavy atom. The van der Waals surface area contributed by atoms with Gasteiger partial charge in [-0.3, -0.25) is 0 Å². The summed E-state index contributed by atoms with van der Waals surface area (Å²) in [5, 5.41) is 3.98. The van der Waals surface area contributed by atoms with Crippen molar-refractivity contribution in [1.82, 2.24) is 15.0 Å². The van der Waals surface area contributed by atoms with Crippen LogP contribution >= 0.6 is 0 Å². The van der Waals surface area contributed by atoms with Gasteiger partial charge in [0, 0.05) is 5.92 Å². The van der Waals surface area contributed by atoms with Crippen molar-refractivity contribution in [3.63, 3.8) is 0 Å². The second-order valence-electron chi connectivity index (χ2n) is 3.91. The predicted molar refractivity (Wildman–Crippen MR) is 48.3 cm³/mol. The number of nitrogens with zero attached hydrogens (tertiary/aromatic N) is 3. The molecule has 0 spiro atoms. The highest BCUT2D eigenvalue weighted by Crippen LogP contribution is 2.34. The first-order valence-electron chi connectivity index (χ1n) is 4.73. The zero-order valence-electron chi connectivity index (χ0n) is 8.16. The van der Waals surface area contributed by atoms with Crippen LogP contribution in [-0.4, -0.2) is 29.1 Å². The minimum Gasteiger partial charge on any atom is -0.338 e. The van der Waals surface area contributed by atoms with Crippen molar-refractivity contribution in [2.45, 2.75) is 31.7 Å². The van der Waals surface area contributed by atoms with E-state index in [1.165, 1.54) is 19.3 Å². The van der Waals surface area contributed by atoms with Crippen LogP contribution in [-0.2, 0) is 6.54 Å². The number of rotatable bonds is 3. The zero-order chi connectivity index (χ0) is 9.26. The quantitative estimate of drug-likeness (QED) is 0.706. The van der Waals surface area contributed by atoms with E-state index < -0.39 is 0 Å². The maximum absolute atomic E-state index is 5.13. The third-order valence-electron chi connectivity index (χ3n) is 2.41. The van der Waals surface area contributed by atoms with Crippen LogP contribution in [0.3, 0.4) is 0 Å². The molecule has 1 aliphatic rings. The fourth-order valence-corrected chi connectivity index (χ4v) is 1.44. The number of hydrogen-bond acceptors (Lipinski definition) is 4. The average molecular weight is 181 g/mol. The third kappa shape index (κ3) is 1.88. The largest absolute Gasteiger partial charge is 0.338 e. The molecular formula is C9H15N3O. The third-order valence-corrected chi connectivity index (χ3v) is 2.41. The summed E-state index contributed by atoms with van der Waals surface area (Å²) in [7, 11) is 3.99. The van der Waals surface area contributed by atoms with E-state index in [1.54, 1.807) is 0 Å². The molecule has 0 aromatic carbocycles. The Kier molecular flexibility index (Phi) is 2.31. The fraction of sp³-hybridized carbons (Fsp3) is 0.778. The smallest absolute Gasteiger partial charge is 0.240 e. The van der Waals surface area contributed by atoms with E-state index in [2.05, 4.69) is 10.1 Å². The Hall–Kier alpha value is -0.900. The van der Waals surface area contributed by atoms with E-state index in [9.17, 15) is 0 Å². The molecule has 4 heteroatoms. The molecule has 1 heterocycles. The summed E-state index contributed by atoms with van der Waals surface area (Å²) in [6.45, 7) is 0.736. The molecule has 72 valence electrons. The van der Waals surface area contributed by atoms with E-state index in [0.717, 1.165) is 18.3 Å². The zero-order valence-corrected chi connectivity index (χ0v) is 8.16. The first-order valence-corrected chi connectivity index (χ1v) is 4.73. The number of aromatic nitrogens is 2. The van der Waals surface area contributed by atoms with E-state index in [0.29, 0.717) is 5.92 Å². The summed E-state index contributed by atoms with van der Waals surface area (Å²) in [4.78, 5) is 6.38. The highest BCUT2D eigenvalue weighted by atomic mass is 16.5. The maximum Gasteiger partial charge on any atom is 0.240 e. The van der Waals surface area contributed by atoms with Crippen molar-refractivity contribution in [1.29, 1.82) is 0 Å². The van der Waals surface area contributed by atoms with Gasteiger partial charge in [0.1, 0.15) is 0 Å². The van der Waals surface area contributed by atoms with Crippen LogP contribution < -0.4 is 0 Å². The van der Waals surface area contributed by atoms with Crippen molar-refractivity contribution in [2.24, 2.45) is 0 Å². The van der Waals surface area contributed by atoms with Gasteiger partial charge in [-0.1, -0.05) is 11.6 Å². The van der Waals surface area contributed by atoms with Gasteiger partial charge < -0.3 is 9.42 Å². The van der Waals surface area contributed by atoms with Gasteiger partial charge in [-0.25, -0.2) is 0 Å². The molecule has 1 aliphatic carbocycles. The van der Waals surface area contributed by atoms with E-state index >= 15 is 0 Å². The van der Waals surface area contributed by atoms with E-state index in [1.807, 2.05) is 19.0 Å². The Balaban J connectivity index is 2.00. The second kappa shape index (κ2) is 3.46. The molecule has 2 rings (SSSR count). The first kappa shape index (κ1) is 8.69. The molecule has 1 saturated carbocycles. The van der Waals surface area contributed by atoms with Crippen LogP contribution in [0.15, 0.2) is 4.52 Å². The highest BCUT2D eigenvalue weighted by molar-refractivity contribution is 4.99. The minimum atomic E-state index is 0.569. The molecule has 0 aliphatic heterocycles. The van der Waals surface area contributed by atoms with Crippen molar-refractivity contribution >= 4 is 0 Å². The summed E-state index contributed by atoms with van der Waals surface area (Å²) >= 11 is 0. The fourth-order valence-electron chi connectivity index (χ4n) is 1.44. The lowest BCUT2D eigenvalue weighted by molar-refractivity contribution is 0.297. The molecular weight excluding hydrogens is 166 g/mol. The van der Waals surface area contributed by atoms with Crippen LogP contribution in [0.1, 0.15) is 36.9 Å². The Bertz CT molecular complexity index is 278. The summed E-state index contributed by atoms with van der Waals surface area (Å²) in [5.41, 5.74) is 0. The Morgan fingerprint density at radius 3 is 2.77 bits per heavy atom. The SMILES string of the molecule is CN(C)Cc1nc(C2CCC2)no1. The number of hydrogen-bond donors (Lipinski definition) is 0. The molecule has 1 aromatic heterocycles. The molecule has 0 saturated heterocycles. The van der Waals surface area contributed by atoms with Gasteiger partial charge in [-0.05, 0) is 26.9 Å². The Labute approximate surface area is 77.9 Å². The molecule has 0 N–H and O–H groups in total. The topological polar surface area (TPSA) is 42.2 Å². The summed E-state index contributed by atoms with van der Waals surface area (Å²) in [5.74, 6) is 2.20. The van der Waals surface area contributed by atoms with E-state index in [-0.39, 0.29) is 0 Å². The molecule has 13 heavy (non-hydrogen) atoms. The molecule has 1 aromatic rings. The lowest BCUT2D eigenvalue weighted by Crippen LogP contribution is -2.12. The van der Waals surface area contributed by atoms with Gasteiger partial charge >= 0.3 is 0 Å². The van der Waals surface area contributed by atoms with Crippen LogP contribution in [0.4, 0.5) is 0 Å². The van der Waals surface area contributed by atoms with Crippen molar-refractivity contribution < 1.29 is 4.52 Å². The van der Waals surface area contributed by atoms with Crippen LogP contribution in [0, 0.1) is 0 Å². The summed E-state index contributed by atoms with van der Waals surface area (Å²) in [6, 6.07) is 0. The maximum atomic E-state index is 5.13. The lowest BCUT2D eigenvalue weighted by Gasteiger charge is -2.20. The molecule has 0 amide bonds. The van der Waals surface area contributed by atoms with Crippen molar-refractivity contribution in [3.8, 4) is 0 Å². The van der Waals surface area contributed by atoms with Gasteiger partial charge in [-0.15, -0.1) is 0 Å². The van der Waals surface area contributed by atoms with Crippen molar-refractivity contribution in [2.75, 3.05) is 14.1 Å². The summed E-state index contributed by atoms with van der Waals surface area (Å²) in [6.07, 6.45) is 3.75. The molecule has 0 radical (unpaired) electrons. The lowest BCUT2D eigenvalue weighted by atomic mass is 9.85. The van der Waals surface area contributed by atoms with Crippen molar-refractivity contribution in [3.05, 3.63) is 11.7 Å². The second-order valence-corrected chi connectivity index (χ2v) is 3.91. The van der Waals surface area contributed by atoms with E-state index in [4.69, 9.17) is 4.52 Å². The highest BCUT2D eigenvalue weighted by Gasteiger charge is 2.24. The molecule has 0 bridgehead atoms. The minimum absolute atomic E-state index is 0.569. The van der Waals surface area contributed by atoms with Crippen LogP contribution in [0.25, 0.3) is 0 Å². The van der Waals surface area contributed by atoms with Crippen LogP contribution in [0.2, 0.25) is 0 Å². The van der Waals surface area contributed by atoms with Gasteiger partial charge in [0.25, 0.3) is 0 Å². The van der Waals surface area contributed by atoms with Crippen LogP contribution in [0.5, 0.6) is 0 Å². The average Bonchev–Trinajstić information content (AvgIpc) is 2.31. The van der Waals surface area contributed by atoms with Gasteiger partial charge in [-0.2, -0.15) is 4.98 Å². The van der Waals surface area contributed by atoms with Gasteiger partial charge in [0.2, 0.25) is 5.89 Å². The first-order chi connectivity index (χ1) is 6.25. The predicted octanol–water partition coefficient (Wildman–Crippen LogP) is 1.40. The molecule has 4 nitrogen and oxygen atoms in total. The molecule has 0 unspecified atom stereocenters. The van der Waals surface area contributed by atoms with Gasteiger partial charge in [0.15, 0.2) is 5.82 Å². The molecule has 1 fully saturated rings. The standard InChI is InChI=1S/C9H15N3O/c1-12(2)6-8-10-9(11-13-8)7-4-3-5-7/h7H,3-6H2,1-2H3. The normalized spacial score (nSPS) is 17.8. The summed E-state index contributed by atoms with van der Waals surface area (Å²) < 4.78 is 5.13. The Morgan fingerprint density at radius 1 is 1.46 bits per heavy atom. The molecule has 0 atom stereocenters.